The second-order valence-corrected chi connectivity index (χ2v) is 11.7. The molecule has 3 aromatic carbocycles. The van der Waals surface area contributed by atoms with Gasteiger partial charge in [0.1, 0.15) is 24.7 Å². The van der Waals surface area contributed by atoms with Crippen molar-refractivity contribution in [2.24, 2.45) is 0 Å². The molecule has 10 nitrogen and oxygen atoms in total. The Labute approximate surface area is 277 Å². The number of halogens is 1. The molecule has 3 aromatic heterocycles. The molecule has 0 bridgehead atoms. The highest BCUT2D eigenvalue weighted by Crippen LogP contribution is 2.39. The third-order valence-corrected chi connectivity index (χ3v) is 8.65. The number of nitrogens with zero attached hydrogens (tertiary/aromatic N) is 3. The second kappa shape index (κ2) is 13.6. The normalized spacial score (nSPS) is 18.8. The van der Waals surface area contributed by atoms with E-state index in [9.17, 15) is 14.4 Å². The maximum Gasteiger partial charge on any atom is 0.338 e. The maximum atomic E-state index is 15.8. The summed E-state index contributed by atoms with van der Waals surface area (Å²) in [6.45, 7) is -0.381. The first-order valence-corrected chi connectivity index (χ1v) is 15.8. The summed E-state index contributed by atoms with van der Waals surface area (Å²) in [6, 6.07) is 28.5. The van der Waals surface area contributed by atoms with E-state index in [1.54, 1.807) is 91.0 Å². The van der Waals surface area contributed by atoms with E-state index in [1.807, 2.05) is 17.5 Å². The van der Waals surface area contributed by atoms with E-state index in [0.29, 0.717) is 11.3 Å². The van der Waals surface area contributed by atoms with Crippen molar-refractivity contribution < 1.29 is 37.7 Å². The van der Waals surface area contributed by atoms with Gasteiger partial charge in [-0.3, -0.25) is 4.57 Å². The molecular weight excluding hydrogens is 637 g/mol. The van der Waals surface area contributed by atoms with Crippen LogP contribution in [0.1, 0.15) is 37.3 Å². The summed E-state index contributed by atoms with van der Waals surface area (Å²) in [5, 5.41) is 1.98. The van der Waals surface area contributed by atoms with Gasteiger partial charge in [-0.15, -0.1) is 11.3 Å². The lowest BCUT2D eigenvalue weighted by atomic mass is 10.1. The van der Waals surface area contributed by atoms with Crippen molar-refractivity contribution in [1.29, 1.82) is 0 Å². The van der Waals surface area contributed by atoms with Crippen LogP contribution >= 0.6 is 11.3 Å². The average molecular weight is 664 g/mol. The number of aromatic nitrogens is 3. The van der Waals surface area contributed by atoms with E-state index in [4.69, 9.17) is 18.9 Å². The maximum absolute atomic E-state index is 15.8. The molecule has 1 saturated heterocycles. The van der Waals surface area contributed by atoms with E-state index in [2.05, 4.69) is 9.97 Å². The number of ether oxygens (including phenoxy) is 4. The smallest absolute Gasteiger partial charge is 0.338 e. The van der Waals surface area contributed by atoms with Gasteiger partial charge in [0.2, 0.25) is 0 Å². The molecule has 0 N–H and O–H groups in total. The molecular formula is C36H26FN3O7S. The highest BCUT2D eigenvalue weighted by atomic mass is 32.1. The molecule has 4 heterocycles. The molecule has 0 amide bonds. The molecule has 0 saturated carbocycles. The number of thiophene rings is 1. The molecule has 1 aliphatic rings. The summed E-state index contributed by atoms with van der Waals surface area (Å²) in [5.74, 6) is -2.74. The van der Waals surface area contributed by atoms with Crippen LogP contribution in [0, 0.1) is 5.82 Å². The molecule has 0 aliphatic carbocycles. The Hall–Kier alpha value is -5.72. The summed E-state index contributed by atoms with van der Waals surface area (Å²) < 4.78 is 41.2. The van der Waals surface area contributed by atoms with Crippen molar-refractivity contribution in [2.45, 2.75) is 24.5 Å². The Morgan fingerprint density at radius 3 is 1.92 bits per heavy atom. The fourth-order valence-corrected chi connectivity index (χ4v) is 6.24. The van der Waals surface area contributed by atoms with E-state index in [0.717, 1.165) is 4.88 Å². The Kier molecular flexibility index (Phi) is 8.73. The van der Waals surface area contributed by atoms with Gasteiger partial charge in [0.15, 0.2) is 24.3 Å². The molecule has 1 fully saturated rings. The molecule has 6 aromatic rings. The molecule has 48 heavy (non-hydrogen) atoms. The largest absolute Gasteiger partial charge is 0.459 e. The lowest BCUT2D eigenvalue weighted by molar-refractivity contribution is -0.0605. The average Bonchev–Trinajstić information content (AvgIpc) is 3.87. The first kappa shape index (κ1) is 30.9. The van der Waals surface area contributed by atoms with Crippen LogP contribution in [0.4, 0.5) is 4.39 Å². The molecule has 1 aliphatic heterocycles. The minimum absolute atomic E-state index is 0.133. The van der Waals surface area contributed by atoms with Crippen LogP contribution in [0.3, 0.4) is 0 Å². The Bertz CT molecular complexity index is 2060. The number of hydrogen-bond acceptors (Lipinski definition) is 10. The minimum atomic E-state index is -1.33. The predicted molar refractivity (Wildman–Crippen MR) is 173 cm³/mol. The lowest BCUT2D eigenvalue weighted by Crippen LogP contribution is -2.41. The number of esters is 3. The van der Waals surface area contributed by atoms with Crippen LogP contribution in [0.25, 0.3) is 21.6 Å². The highest BCUT2D eigenvalue weighted by molar-refractivity contribution is 7.13. The zero-order valence-electron chi connectivity index (χ0n) is 25.0. The lowest BCUT2D eigenvalue weighted by Gasteiger charge is -2.25. The molecule has 0 spiro atoms. The number of carbonyl (C=O) groups is 3. The van der Waals surface area contributed by atoms with Crippen molar-refractivity contribution in [1.82, 2.24) is 14.5 Å². The summed E-state index contributed by atoms with van der Waals surface area (Å²) in [6.07, 6.45) is -2.54. The summed E-state index contributed by atoms with van der Waals surface area (Å²) in [7, 11) is 0. The fraction of sp³-hybridized carbons (Fsp3) is 0.139. The van der Waals surface area contributed by atoms with Gasteiger partial charge < -0.3 is 18.9 Å². The van der Waals surface area contributed by atoms with Gasteiger partial charge in [0.25, 0.3) is 0 Å². The monoisotopic (exact) mass is 663 g/mol. The van der Waals surface area contributed by atoms with Crippen LogP contribution in [0.5, 0.6) is 0 Å². The SMILES string of the molecule is O=C(OC[C@H]1O[C@@H](n2cc(F)c3c(-c4cccs4)ncnc32)[C@H](OC(=O)c2ccccc2)[C@@H]1OC(=O)c1ccccc1)c1ccccc1. The molecule has 0 radical (unpaired) electrons. The first-order valence-electron chi connectivity index (χ1n) is 14.9. The zero-order valence-corrected chi connectivity index (χ0v) is 25.9. The molecule has 240 valence electrons. The molecule has 12 heteroatoms. The van der Waals surface area contributed by atoms with E-state index in [1.165, 1.54) is 28.4 Å². The number of benzene rings is 3. The third-order valence-electron chi connectivity index (χ3n) is 7.77. The van der Waals surface area contributed by atoms with E-state index < -0.39 is 48.3 Å². The fourth-order valence-electron chi connectivity index (χ4n) is 5.52. The van der Waals surface area contributed by atoms with E-state index in [-0.39, 0.29) is 28.8 Å². The third kappa shape index (κ3) is 6.18. The van der Waals surface area contributed by atoms with E-state index >= 15 is 4.39 Å². The van der Waals surface area contributed by atoms with Gasteiger partial charge in [0.05, 0.1) is 32.6 Å². The van der Waals surface area contributed by atoms with Crippen molar-refractivity contribution in [3.05, 3.63) is 144 Å². The second-order valence-electron chi connectivity index (χ2n) is 10.8. The van der Waals surface area contributed by atoms with Crippen molar-refractivity contribution in [2.75, 3.05) is 6.61 Å². The van der Waals surface area contributed by atoms with Gasteiger partial charge in [-0.1, -0.05) is 60.7 Å². The Balaban J connectivity index is 1.30. The van der Waals surface area contributed by atoms with Gasteiger partial charge in [-0.25, -0.2) is 28.7 Å². The van der Waals surface area contributed by atoms with Crippen LogP contribution in [0.15, 0.2) is 121 Å². The van der Waals surface area contributed by atoms with Crippen molar-refractivity contribution in [3.8, 4) is 10.6 Å². The number of hydrogen-bond donors (Lipinski definition) is 0. The van der Waals surface area contributed by atoms with Crippen molar-refractivity contribution in [3.63, 3.8) is 0 Å². The van der Waals surface area contributed by atoms with Crippen LogP contribution in [-0.4, -0.2) is 57.4 Å². The molecule has 7 rings (SSSR count). The Morgan fingerprint density at radius 2 is 1.33 bits per heavy atom. The number of carbonyl (C=O) groups excluding carboxylic acids is 3. The Morgan fingerprint density at radius 1 is 0.750 bits per heavy atom. The number of fused-ring (bicyclic) bond motifs is 1. The van der Waals surface area contributed by atoms with Gasteiger partial charge >= 0.3 is 17.9 Å². The van der Waals surface area contributed by atoms with Gasteiger partial charge in [-0.2, -0.15) is 0 Å². The quantitative estimate of drug-likeness (QED) is 0.126. The molecule has 4 atom stereocenters. The molecule has 0 unspecified atom stereocenters. The minimum Gasteiger partial charge on any atom is -0.459 e. The zero-order chi connectivity index (χ0) is 33.0. The summed E-state index contributed by atoms with van der Waals surface area (Å²) in [5.41, 5.74) is 1.30. The van der Waals surface area contributed by atoms with Gasteiger partial charge in [0, 0.05) is 6.20 Å². The van der Waals surface area contributed by atoms with Crippen LogP contribution < -0.4 is 0 Å². The summed E-state index contributed by atoms with van der Waals surface area (Å²) >= 11 is 1.39. The standard InChI is InChI=1S/C36H26FN3O7S/c37-25-19-40(32-28(25)29(38-21-39-32)27-17-10-18-48-27)33-31(47-36(43)24-15-8-3-9-16-24)30(46-35(42)23-13-6-2-7-14-23)26(45-33)20-44-34(41)22-11-4-1-5-12-22/h1-19,21,26,30-31,33H,20H2/t26-,30-,31-,33-/m1/s1. The topological polar surface area (TPSA) is 119 Å². The van der Waals surface area contributed by atoms with Gasteiger partial charge in [-0.05, 0) is 47.8 Å². The highest BCUT2D eigenvalue weighted by Gasteiger charge is 2.52. The predicted octanol–water partition coefficient (Wildman–Crippen LogP) is 6.50. The van der Waals surface area contributed by atoms with Crippen LogP contribution in [-0.2, 0) is 18.9 Å². The first-order chi connectivity index (χ1) is 23.5. The number of rotatable bonds is 9. The van der Waals surface area contributed by atoms with Crippen LogP contribution in [0.2, 0.25) is 0 Å². The van der Waals surface area contributed by atoms with Crippen molar-refractivity contribution >= 4 is 40.3 Å². The summed E-state index contributed by atoms with van der Waals surface area (Å²) in [4.78, 5) is 49.3.